The van der Waals surface area contributed by atoms with Gasteiger partial charge in [0.05, 0.1) is 7.11 Å². The van der Waals surface area contributed by atoms with Gasteiger partial charge in [0.15, 0.2) is 0 Å². The lowest BCUT2D eigenvalue weighted by molar-refractivity contribution is -0.136. The second-order valence-electron chi connectivity index (χ2n) is 5.91. The summed E-state index contributed by atoms with van der Waals surface area (Å²) >= 11 is 0. The highest BCUT2D eigenvalue weighted by Gasteiger charge is 2.13. The Bertz CT molecular complexity index is 472. The summed E-state index contributed by atoms with van der Waals surface area (Å²) in [6.07, 6.45) is 14.8. The van der Waals surface area contributed by atoms with Crippen LogP contribution < -0.4 is 0 Å². The van der Waals surface area contributed by atoms with Gasteiger partial charge in [-0.05, 0) is 52.9 Å². The number of carbonyl (C=O) groups is 1. The highest BCUT2D eigenvalue weighted by Crippen LogP contribution is 2.23. The Balaban J connectivity index is 2.34. The minimum atomic E-state index is -0.186. The Morgan fingerprint density at radius 2 is 1.95 bits per heavy atom. The van der Waals surface area contributed by atoms with Crippen LogP contribution in [0.25, 0.3) is 0 Å². The third-order valence-corrected chi connectivity index (χ3v) is 3.69. The van der Waals surface area contributed by atoms with Crippen LogP contribution in [0.2, 0.25) is 0 Å². The van der Waals surface area contributed by atoms with Crippen molar-refractivity contribution in [2.24, 2.45) is 0 Å². The number of methoxy groups -OCH3 is 1. The summed E-state index contributed by atoms with van der Waals surface area (Å²) in [6.45, 7) is 6.48. The van der Waals surface area contributed by atoms with E-state index in [9.17, 15) is 4.79 Å². The van der Waals surface area contributed by atoms with E-state index < -0.39 is 0 Å². The summed E-state index contributed by atoms with van der Waals surface area (Å²) in [5.41, 5.74) is 5.00. The number of allylic oxidation sites excluding steroid dienone is 7. The molecule has 21 heavy (non-hydrogen) atoms. The van der Waals surface area contributed by atoms with E-state index >= 15 is 0 Å². The second kappa shape index (κ2) is 9.38. The molecule has 0 unspecified atom stereocenters. The molecule has 0 spiro atoms. The second-order valence-corrected chi connectivity index (χ2v) is 5.91. The van der Waals surface area contributed by atoms with Crippen molar-refractivity contribution in [3.63, 3.8) is 0 Å². The minimum absolute atomic E-state index is 0.186. The molecule has 2 heteroatoms. The fourth-order valence-corrected chi connectivity index (χ4v) is 2.43. The van der Waals surface area contributed by atoms with Crippen molar-refractivity contribution in [2.75, 3.05) is 7.11 Å². The monoisotopic (exact) mass is 288 g/mol. The van der Waals surface area contributed by atoms with Crippen molar-refractivity contribution >= 4 is 5.97 Å². The molecule has 1 rings (SSSR count). The molecule has 0 aromatic carbocycles. The van der Waals surface area contributed by atoms with Gasteiger partial charge in [-0.15, -0.1) is 0 Å². The fourth-order valence-electron chi connectivity index (χ4n) is 2.43. The van der Waals surface area contributed by atoms with Crippen molar-refractivity contribution in [1.29, 1.82) is 0 Å². The predicted molar refractivity (Wildman–Crippen MR) is 89.1 cm³/mol. The van der Waals surface area contributed by atoms with Gasteiger partial charge in [0.25, 0.3) is 0 Å². The zero-order chi connectivity index (χ0) is 15.7. The summed E-state index contributed by atoms with van der Waals surface area (Å²) in [5.74, 6) is -0.186. The van der Waals surface area contributed by atoms with Crippen LogP contribution in [-0.2, 0) is 9.53 Å². The van der Waals surface area contributed by atoms with Crippen LogP contribution in [0.5, 0.6) is 0 Å². The molecule has 0 saturated carbocycles. The fraction of sp³-hybridized carbons (Fsp3) is 0.526. The van der Waals surface area contributed by atoms with Crippen molar-refractivity contribution < 1.29 is 9.53 Å². The van der Waals surface area contributed by atoms with Crippen molar-refractivity contribution in [3.8, 4) is 0 Å². The standard InChI is InChI=1S/C19H28O2/c1-15(2)8-5-9-16(3)10-6-11-17-12-7-13-18(14-17)19(20)21-4/h8,10,12-13H,5-7,9,11,14H2,1-4H3. The van der Waals surface area contributed by atoms with Gasteiger partial charge >= 0.3 is 5.97 Å². The van der Waals surface area contributed by atoms with E-state index in [0.717, 1.165) is 44.1 Å². The molecule has 1 aliphatic rings. The number of ether oxygens (including phenoxy) is 1. The smallest absolute Gasteiger partial charge is 0.333 e. The van der Waals surface area contributed by atoms with Gasteiger partial charge in [-0.25, -0.2) is 4.79 Å². The Kier molecular flexibility index (Phi) is 7.81. The number of hydrogen-bond donors (Lipinski definition) is 0. The largest absolute Gasteiger partial charge is 0.466 e. The van der Waals surface area contributed by atoms with Crippen molar-refractivity contribution in [2.45, 2.75) is 59.3 Å². The maximum Gasteiger partial charge on any atom is 0.333 e. The topological polar surface area (TPSA) is 26.3 Å². The van der Waals surface area contributed by atoms with Crippen LogP contribution in [0, 0.1) is 0 Å². The van der Waals surface area contributed by atoms with Crippen LogP contribution in [0.3, 0.4) is 0 Å². The van der Waals surface area contributed by atoms with Gasteiger partial charge in [0, 0.05) is 12.0 Å². The van der Waals surface area contributed by atoms with E-state index in [-0.39, 0.29) is 5.97 Å². The van der Waals surface area contributed by atoms with Gasteiger partial charge in [0.1, 0.15) is 0 Å². The molecule has 0 fully saturated rings. The molecule has 0 atom stereocenters. The predicted octanol–water partition coefficient (Wildman–Crippen LogP) is 5.28. The lowest BCUT2D eigenvalue weighted by Crippen LogP contribution is -2.08. The Morgan fingerprint density at radius 1 is 1.19 bits per heavy atom. The van der Waals surface area contributed by atoms with E-state index in [2.05, 4.69) is 39.0 Å². The Hall–Kier alpha value is -1.57. The van der Waals surface area contributed by atoms with Crippen LogP contribution in [0.15, 0.2) is 46.6 Å². The number of carbonyl (C=O) groups excluding carboxylic acids is 1. The first-order valence-corrected chi connectivity index (χ1v) is 7.77. The lowest BCUT2D eigenvalue weighted by Gasteiger charge is -2.13. The molecular weight excluding hydrogens is 260 g/mol. The van der Waals surface area contributed by atoms with Crippen LogP contribution in [-0.4, -0.2) is 13.1 Å². The minimum Gasteiger partial charge on any atom is -0.466 e. The van der Waals surface area contributed by atoms with E-state index in [4.69, 9.17) is 4.74 Å². The van der Waals surface area contributed by atoms with Gasteiger partial charge in [-0.3, -0.25) is 0 Å². The molecule has 2 nitrogen and oxygen atoms in total. The zero-order valence-corrected chi connectivity index (χ0v) is 13.9. The highest BCUT2D eigenvalue weighted by molar-refractivity contribution is 5.89. The first kappa shape index (κ1) is 17.5. The van der Waals surface area contributed by atoms with Gasteiger partial charge < -0.3 is 4.74 Å². The van der Waals surface area contributed by atoms with E-state index in [1.165, 1.54) is 23.8 Å². The normalized spacial score (nSPS) is 15.1. The molecule has 1 aliphatic carbocycles. The van der Waals surface area contributed by atoms with Gasteiger partial charge in [0.2, 0.25) is 0 Å². The zero-order valence-electron chi connectivity index (χ0n) is 13.9. The first-order valence-electron chi connectivity index (χ1n) is 7.77. The maximum atomic E-state index is 11.5. The summed E-state index contributed by atoms with van der Waals surface area (Å²) in [5, 5.41) is 0. The molecule has 0 bridgehead atoms. The number of hydrogen-bond acceptors (Lipinski definition) is 2. The van der Waals surface area contributed by atoms with Gasteiger partial charge in [-0.1, -0.05) is 41.0 Å². The molecular formula is C19H28O2. The Labute approximate surface area is 129 Å². The third-order valence-electron chi connectivity index (χ3n) is 3.69. The van der Waals surface area contributed by atoms with Crippen LogP contribution >= 0.6 is 0 Å². The molecule has 116 valence electrons. The first-order chi connectivity index (χ1) is 10.0. The highest BCUT2D eigenvalue weighted by atomic mass is 16.5. The van der Waals surface area contributed by atoms with E-state index in [1.54, 1.807) is 0 Å². The molecule has 0 amide bonds. The third kappa shape index (κ3) is 7.12. The molecule has 0 saturated heterocycles. The summed E-state index contributed by atoms with van der Waals surface area (Å²) < 4.78 is 4.79. The molecule has 0 aliphatic heterocycles. The molecule has 0 N–H and O–H groups in total. The van der Waals surface area contributed by atoms with Crippen molar-refractivity contribution in [1.82, 2.24) is 0 Å². The SMILES string of the molecule is COC(=O)C1=CCC=C(CCC=C(C)CCC=C(C)C)C1. The average Bonchev–Trinajstić information content (AvgIpc) is 2.46. The summed E-state index contributed by atoms with van der Waals surface area (Å²) in [6, 6.07) is 0. The van der Waals surface area contributed by atoms with E-state index in [0.29, 0.717) is 0 Å². The quantitative estimate of drug-likeness (QED) is 0.470. The lowest BCUT2D eigenvalue weighted by atomic mass is 9.94. The number of rotatable bonds is 7. The molecule has 0 aromatic rings. The van der Waals surface area contributed by atoms with Crippen molar-refractivity contribution in [3.05, 3.63) is 46.6 Å². The molecule has 0 heterocycles. The average molecular weight is 288 g/mol. The summed E-state index contributed by atoms with van der Waals surface area (Å²) in [7, 11) is 1.44. The Morgan fingerprint density at radius 3 is 2.62 bits per heavy atom. The molecule has 0 aromatic heterocycles. The number of esters is 1. The molecule has 0 radical (unpaired) electrons. The van der Waals surface area contributed by atoms with Crippen LogP contribution in [0.4, 0.5) is 0 Å². The van der Waals surface area contributed by atoms with E-state index in [1.807, 2.05) is 6.08 Å². The maximum absolute atomic E-state index is 11.5. The van der Waals surface area contributed by atoms with Crippen LogP contribution in [0.1, 0.15) is 59.3 Å². The van der Waals surface area contributed by atoms with Gasteiger partial charge in [-0.2, -0.15) is 0 Å². The summed E-state index contributed by atoms with van der Waals surface area (Å²) in [4.78, 5) is 11.5.